The van der Waals surface area contributed by atoms with Crippen LogP contribution in [-0.4, -0.2) is 71.8 Å². The van der Waals surface area contributed by atoms with Gasteiger partial charge in [0, 0.05) is 37.5 Å². The van der Waals surface area contributed by atoms with E-state index in [0.717, 1.165) is 45.6 Å². The molecule has 3 heterocycles. The number of rotatable bonds is 3. The molecule has 0 bridgehead atoms. The molecule has 1 saturated carbocycles. The molecule has 3 aliphatic heterocycles. The Morgan fingerprint density at radius 1 is 1.04 bits per heavy atom. The summed E-state index contributed by atoms with van der Waals surface area (Å²) in [5.41, 5.74) is 0.176. The van der Waals surface area contributed by atoms with Crippen molar-refractivity contribution >= 4 is 11.8 Å². The van der Waals surface area contributed by atoms with Crippen molar-refractivity contribution < 1.29 is 9.59 Å². The fourth-order valence-electron chi connectivity index (χ4n) is 4.75. The van der Waals surface area contributed by atoms with Crippen LogP contribution in [0.2, 0.25) is 0 Å². The van der Waals surface area contributed by atoms with Crippen LogP contribution in [0.25, 0.3) is 0 Å². The Morgan fingerprint density at radius 3 is 2.57 bits per heavy atom. The van der Waals surface area contributed by atoms with E-state index in [4.69, 9.17) is 0 Å². The third kappa shape index (κ3) is 3.25. The lowest BCUT2D eigenvalue weighted by atomic mass is 9.73. The molecule has 5 heteroatoms. The zero-order valence-corrected chi connectivity index (χ0v) is 14.1. The second-order valence-corrected chi connectivity index (χ2v) is 8.15. The summed E-state index contributed by atoms with van der Waals surface area (Å²) in [5, 5.41) is 0. The maximum absolute atomic E-state index is 12.7. The Balaban J connectivity index is 1.39. The first kappa shape index (κ1) is 15.4. The quantitative estimate of drug-likeness (QED) is 0.791. The number of amides is 2. The van der Waals surface area contributed by atoms with Gasteiger partial charge < -0.3 is 9.80 Å². The molecule has 5 nitrogen and oxygen atoms in total. The van der Waals surface area contributed by atoms with Crippen molar-refractivity contribution in [1.29, 1.82) is 0 Å². The highest BCUT2D eigenvalue weighted by atomic mass is 16.2. The van der Waals surface area contributed by atoms with Gasteiger partial charge in [-0.2, -0.15) is 0 Å². The maximum Gasteiger partial charge on any atom is 0.236 e. The highest BCUT2D eigenvalue weighted by Crippen LogP contribution is 2.42. The van der Waals surface area contributed by atoms with E-state index in [-0.39, 0.29) is 5.41 Å². The van der Waals surface area contributed by atoms with Gasteiger partial charge in [0.15, 0.2) is 0 Å². The van der Waals surface area contributed by atoms with Crippen LogP contribution < -0.4 is 0 Å². The first-order valence-electron chi connectivity index (χ1n) is 9.45. The molecule has 4 rings (SSSR count). The van der Waals surface area contributed by atoms with Crippen LogP contribution in [0.1, 0.15) is 51.4 Å². The highest BCUT2D eigenvalue weighted by molar-refractivity contribution is 5.79. The summed E-state index contributed by atoms with van der Waals surface area (Å²) < 4.78 is 0. The molecule has 1 spiro atoms. The first-order valence-corrected chi connectivity index (χ1v) is 9.45. The van der Waals surface area contributed by atoms with E-state index in [0.29, 0.717) is 30.8 Å². The Hall–Kier alpha value is -1.10. The number of hydrogen-bond acceptors (Lipinski definition) is 3. The number of carbonyl (C=O) groups excluding carboxylic acids is 2. The van der Waals surface area contributed by atoms with Gasteiger partial charge in [-0.15, -0.1) is 0 Å². The van der Waals surface area contributed by atoms with E-state index in [9.17, 15) is 9.59 Å². The maximum atomic E-state index is 12.7. The van der Waals surface area contributed by atoms with E-state index in [2.05, 4.69) is 14.7 Å². The van der Waals surface area contributed by atoms with Crippen LogP contribution in [-0.2, 0) is 9.59 Å². The van der Waals surface area contributed by atoms with Crippen molar-refractivity contribution in [3.8, 4) is 0 Å². The molecule has 0 aromatic heterocycles. The largest absolute Gasteiger partial charge is 0.341 e. The summed E-state index contributed by atoms with van der Waals surface area (Å²) in [6, 6.07) is 0.510. The number of nitrogens with zero attached hydrogens (tertiary/aromatic N) is 3. The standard InChI is InChI=1S/C18H29N3O2/c22-16-6-8-18(14-21(16)15-4-5-15)7-3-11-20(13-18)17(23)12-19-9-1-2-10-19/h15H,1-14H2/t18-/m0/s1. The smallest absolute Gasteiger partial charge is 0.236 e. The summed E-state index contributed by atoms with van der Waals surface area (Å²) in [6.45, 7) is 5.43. The van der Waals surface area contributed by atoms with Gasteiger partial charge in [0.25, 0.3) is 0 Å². The number of piperidine rings is 2. The molecule has 1 atom stereocenters. The zero-order valence-electron chi connectivity index (χ0n) is 14.1. The van der Waals surface area contributed by atoms with Crippen molar-refractivity contribution in [2.45, 2.75) is 57.4 Å². The van der Waals surface area contributed by atoms with E-state index in [1.807, 2.05) is 0 Å². The fraction of sp³-hybridized carbons (Fsp3) is 0.889. The molecule has 0 radical (unpaired) electrons. The van der Waals surface area contributed by atoms with Crippen molar-refractivity contribution in [2.24, 2.45) is 5.41 Å². The molecule has 4 aliphatic rings. The van der Waals surface area contributed by atoms with E-state index in [1.165, 1.54) is 32.1 Å². The van der Waals surface area contributed by atoms with Gasteiger partial charge in [0.05, 0.1) is 6.54 Å². The molecule has 0 aromatic carbocycles. The molecule has 0 aromatic rings. The van der Waals surface area contributed by atoms with Crippen molar-refractivity contribution in [2.75, 3.05) is 39.3 Å². The minimum absolute atomic E-state index is 0.176. The second kappa shape index (κ2) is 6.08. The molecule has 0 N–H and O–H groups in total. The van der Waals surface area contributed by atoms with Crippen molar-refractivity contribution in [3.63, 3.8) is 0 Å². The Morgan fingerprint density at radius 2 is 1.83 bits per heavy atom. The summed E-state index contributed by atoms with van der Waals surface area (Å²) in [5.74, 6) is 0.652. The molecule has 2 amide bonds. The Bertz CT molecular complexity index is 485. The third-order valence-electron chi connectivity index (χ3n) is 6.25. The molecule has 0 unspecified atom stereocenters. The second-order valence-electron chi connectivity index (χ2n) is 8.15. The van der Waals surface area contributed by atoms with Crippen LogP contribution >= 0.6 is 0 Å². The monoisotopic (exact) mass is 319 g/mol. The van der Waals surface area contributed by atoms with Crippen LogP contribution in [0, 0.1) is 5.41 Å². The summed E-state index contributed by atoms with van der Waals surface area (Å²) in [4.78, 5) is 31.4. The lowest BCUT2D eigenvalue weighted by Crippen LogP contribution is -2.56. The fourth-order valence-corrected chi connectivity index (χ4v) is 4.75. The van der Waals surface area contributed by atoms with Crippen LogP contribution in [0.5, 0.6) is 0 Å². The average Bonchev–Trinajstić information content (AvgIpc) is 3.28. The SMILES string of the molecule is O=C(CN1CCCC1)N1CCC[C@]2(CCC(=O)N(C3CC3)C2)C1. The predicted molar refractivity (Wildman–Crippen MR) is 87.9 cm³/mol. The molecular formula is C18H29N3O2. The summed E-state index contributed by atoms with van der Waals surface area (Å²) >= 11 is 0. The molecule has 4 fully saturated rings. The van der Waals surface area contributed by atoms with Crippen molar-refractivity contribution in [3.05, 3.63) is 0 Å². The lowest BCUT2D eigenvalue weighted by Gasteiger charge is -2.48. The van der Waals surface area contributed by atoms with Gasteiger partial charge in [-0.1, -0.05) is 0 Å². The minimum Gasteiger partial charge on any atom is -0.341 e. The Labute approximate surface area is 139 Å². The molecule has 128 valence electrons. The number of carbonyl (C=O) groups is 2. The van der Waals surface area contributed by atoms with Gasteiger partial charge >= 0.3 is 0 Å². The van der Waals surface area contributed by atoms with Gasteiger partial charge in [0.1, 0.15) is 0 Å². The Kier molecular flexibility index (Phi) is 4.08. The minimum atomic E-state index is 0.176. The molecular weight excluding hydrogens is 290 g/mol. The van der Waals surface area contributed by atoms with E-state index >= 15 is 0 Å². The van der Waals surface area contributed by atoms with E-state index < -0.39 is 0 Å². The van der Waals surface area contributed by atoms with Crippen LogP contribution in [0.3, 0.4) is 0 Å². The number of hydrogen-bond donors (Lipinski definition) is 0. The van der Waals surface area contributed by atoms with E-state index in [1.54, 1.807) is 0 Å². The summed E-state index contributed by atoms with van der Waals surface area (Å²) in [7, 11) is 0. The molecule has 1 aliphatic carbocycles. The molecule has 3 saturated heterocycles. The van der Waals surface area contributed by atoms with Gasteiger partial charge in [-0.25, -0.2) is 0 Å². The highest BCUT2D eigenvalue weighted by Gasteiger charge is 2.46. The van der Waals surface area contributed by atoms with Crippen LogP contribution in [0.4, 0.5) is 0 Å². The van der Waals surface area contributed by atoms with Crippen LogP contribution in [0.15, 0.2) is 0 Å². The lowest BCUT2D eigenvalue weighted by molar-refractivity contribution is -0.144. The van der Waals surface area contributed by atoms with Gasteiger partial charge in [-0.05, 0) is 58.0 Å². The number of likely N-dealkylation sites (tertiary alicyclic amines) is 3. The first-order chi connectivity index (χ1) is 11.2. The summed E-state index contributed by atoms with van der Waals surface area (Å²) in [6.07, 6.45) is 8.76. The normalized spacial score (nSPS) is 32.8. The zero-order chi connectivity index (χ0) is 15.9. The van der Waals surface area contributed by atoms with Crippen molar-refractivity contribution in [1.82, 2.24) is 14.7 Å². The molecule has 23 heavy (non-hydrogen) atoms. The average molecular weight is 319 g/mol. The van der Waals surface area contributed by atoms with Gasteiger partial charge in [0.2, 0.25) is 11.8 Å². The topological polar surface area (TPSA) is 43.9 Å². The predicted octanol–water partition coefficient (Wildman–Crippen LogP) is 1.48. The third-order valence-corrected chi connectivity index (χ3v) is 6.25. The van der Waals surface area contributed by atoms with Gasteiger partial charge in [-0.3, -0.25) is 14.5 Å².